The fourth-order valence-electron chi connectivity index (χ4n) is 4.16. The molecule has 3 rings (SSSR count). The summed E-state index contributed by atoms with van der Waals surface area (Å²) in [5.41, 5.74) is 1.10. The summed E-state index contributed by atoms with van der Waals surface area (Å²) < 4.78 is 45.5. The van der Waals surface area contributed by atoms with E-state index in [1.54, 1.807) is 24.3 Å². The molecule has 3 aromatic rings. The molecule has 0 saturated carbocycles. The van der Waals surface area contributed by atoms with E-state index in [0.717, 1.165) is 16.1 Å². The minimum atomic E-state index is -3.88. The molecule has 0 saturated heterocycles. The third-order valence-corrected chi connectivity index (χ3v) is 7.22. The highest BCUT2D eigenvalue weighted by Gasteiger charge is 2.34. The fraction of sp³-hybridized carbons (Fsp3) is 0.333. The molecule has 10 heteroatoms. The smallest absolute Gasteiger partial charge is 0.244 e. The zero-order valence-corrected chi connectivity index (χ0v) is 24.2. The Labute approximate surface area is 235 Å². The van der Waals surface area contributed by atoms with E-state index < -0.39 is 39.9 Å². The summed E-state index contributed by atoms with van der Waals surface area (Å²) in [5.74, 6) is -0.878. The second-order valence-electron chi connectivity index (χ2n) is 10.6. The second kappa shape index (κ2) is 13.0. The van der Waals surface area contributed by atoms with Gasteiger partial charge in [-0.25, -0.2) is 12.8 Å². The standard InChI is InChI=1S/C30H36FN3O5S/c1-30(2,3)32-29(36)27(19-22-9-7-6-8-10-22)33(20-23-11-13-24(31)14-12-23)28(35)21-34(40(5,37)38)25-15-17-26(39-4)18-16-25/h6-18,27H,19-21H2,1-5H3,(H,32,36)/t27-/m1/s1. The molecule has 214 valence electrons. The molecule has 40 heavy (non-hydrogen) atoms. The summed E-state index contributed by atoms with van der Waals surface area (Å²) in [4.78, 5) is 29.0. The Balaban J connectivity index is 2.05. The minimum absolute atomic E-state index is 0.0333. The van der Waals surface area contributed by atoms with Gasteiger partial charge in [0.1, 0.15) is 24.2 Å². The molecule has 1 atom stereocenters. The maximum atomic E-state index is 14.0. The number of amides is 2. The Morgan fingerprint density at radius 3 is 2.05 bits per heavy atom. The Bertz CT molecular complexity index is 1390. The second-order valence-corrected chi connectivity index (χ2v) is 12.5. The molecule has 0 spiro atoms. The number of anilines is 1. The van der Waals surface area contributed by atoms with E-state index in [0.29, 0.717) is 11.3 Å². The highest BCUT2D eigenvalue weighted by molar-refractivity contribution is 7.92. The van der Waals surface area contributed by atoms with Crippen LogP contribution in [0.4, 0.5) is 10.1 Å². The average molecular weight is 570 g/mol. The van der Waals surface area contributed by atoms with Crippen LogP contribution >= 0.6 is 0 Å². The third-order valence-electron chi connectivity index (χ3n) is 6.08. The van der Waals surface area contributed by atoms with E-state index in [4.69, 9.17) is 4.74 Å². The maximum absolute atomic E-state index is 14.0. The molecule has 0 fully saturated rings. The van der Waals surface area contributed by atoms with Crippen molar-refractivity contribution in [2.24, 2.45) is 0 Å². The van der Waals surface area contributed by atoms with Crippen molar-refractivity contribution >= 4 is 27.5 Å². The van der Waals surface area contributed by atoms with E-state index in [1.807, 2.05) is 51.1 Å². The lowest BCUT2D eigenvalue weighted by atomic mass is 10.0. The average Bonchev–Trinajstić information content (AvgIpc) is 2.89. The molecule has 0 bridgehead atoms. The van der Waals surface area contributed by atoms with E-state index in [2.05, 4.69) is 5.32 Å². The quantitative estimate of drug-likeness (QED) is 0.374. The van der Waals surface area contributed by atoms with Gasteiger partial charge in [0.15, 0.2) is 0 Å². The molecule has 3 aromatic carbocycles. The molecule has 0 aliphatic heterocycles. The first-order valence-electron chi connectivity index (χ1n) is 12.8. The molecule has 0 aliphatic carbocycles. The van der Waals surface area contributed by atoms with Crippen LogP contribution in [0.2, 0.25) is 0 Å². The zero-order chi connectivity index (χ0) is 29.5. The number of hydrogen-bond donors (Lipinski definition) is 1. The van der Waals surface area contributed by atoms with Gasteiger partial charge >= 0.3 is 0 Å². The number of nitrogens with one attached hydrogen (secondary N) is 1. The summed E-state index contributed by atoms with van der Waals surface area (Å²) in [7, 11) is -2.39. The Hall–Kier alpha value is -3.92. The SMILES string of the molecule is COc1ccc(N(CC(=O)N(Cc2ccc(F)cc2)[C@H](Cc2ccccc2)C(=O)NC(C)(C)C)S(C)(=O)=O)cc1. The predicted molar refractivity (Wildman–Crippen MR) is 154 cm³/mol. The molecule has 0 aromatic heterocycles. The molecule has 0 unspecified atom stereocenters. The van der Waals surface area contributed by atoms with Crippen LogP contribution in [0.3, 0.4) is 0 Å². The van der Waals surface area contributed by atoms with Gasteiger partial charge in [-0.1, -0.05) is 42.5 Å². The van der Waals surface area contributed by atoms with Crippen molar-refractivity contribution in [3.63, 3.8) is 0 Å². The predicted octanol–water partition coefficient (Wildman–Crippen LogP) is 4.16. The number of halogens is 1. The first-order valence-corrected chi connectivity index (χ1v) is 14.6. The Morgan fingerprint density at radius 1 is 0.925 bits per heavy atom. The minimum Gasteiger partial charge on any atom is -0.497 e. The van der Waals surface area contributed by atoms with Crippen molar-refractivity contribution in [3.05, 3.63) is 95.8 Å². The van der Waals surface area contributed by atoms with Crippen LogP contribution in [0.15, 0.2) is 78.9 Å². The van der Waals surface area contributed by atoms with E-state index >= 15 is 0 Å². The molecule has 0 heterocycles. The number of carbonyl (C=O) groups excluding carboxylic acids is 2. The summed E-state index contributed by atoms with van der Waals surface area (Å²) in [5, 5.41) is 2.96. The third kappa shape index (κ3) is 8.81. The largest absolute Gasteiger partial charge is 0.497 e. The number of rotatable bonds is 11. The van der Waals surface area contributed by atoms with Gasteiger partial charge in [0.05, 0.1) is 19.1 Å². The van der Waals surface area contributed by atoms with E-state index in [1.165, 1.54) is 36.3 Å². The van der Waals surface area contributed by atoms with Gasteiger partial charge in [-0.3, -0.25) is 13.9 Å². The van der Waals surface area contributed by atoms with Crippen molar-refractivity contribution < 1.29 is 27.1 Å². The molecule has 8 nitrogen and oxygen atoms in total. The van der Waals surface area contributed by atoms with E-state index in [-0.39, 0.29) is 24.6 Å². The van der Waals surface area contributed by atoms with Gasteiger partial charge in [-0.15, -0.1) is 0 Å². The number of carbonyl (C=O) groups is 2. The topological polar surface area (TPSA) is 96.0 Å². The lowest BCUT2D eigenvalue weighted by molar-refractivity contribution is -0.140. The van der Waals surface area contributed by atoms with Gasteiger partial charge in [-0.05, 0) is 68.3 Å². The monoisotopic (exact) mass is 569 g/mol. The van der Waals surface area contributed by atoms with Crippen LogP contribution in [0.5, 0.6) is 5.75 Å². The van der Waals surface area contributed by atoms with Gasteiger partial charge in [0.2, 0.25) is 21.8 Å². The lowest BCUT2D eigenvalue weighted by Crippen LogP contribution is -2.56. The number of sulfonamides is 1. The molecule has 2 amide bonds. The molecule has 1 N–H and O–H groups in total. The summed E-state index contributed by atoms with van der Waals surface area (Å²) in [6.07, 6.45) is 1.21. The number of hydrogen-bond acceptors (Lipinski definition) is 5. The number of methoxy groups -OCH3 is 1. The van der Waals surface area contributed by atoms with Crippen molar-refractivity contribution in [2.75, 3.05) is 24.2 Å². The number of benzene rings is 3. The number of ether oxygens (including phenoxy) is 1. The van der Waals surface area contributed by atoms with Gasteiger partial charge < -0.3 is 15.0 Å². The molecule has 0 aliphatic rings. The normalized spacial score (nSPS) is 12.3. The first kappa shape index (κ1) is 30.6. The van der Waals surface area contributed by atoms with Crippen molar-refractivity contribution in [3.8, 4) is 5.75 Å². The van der Waals surface area contributed by atoms with Crippen LogP contribution in [-0.4, -0.2) is 56.6 Å². The van der Waals surface area contributed by atoms with Crippen LogP contribution in [0, 0.1) is 5.82 Å². The van der Waals surface area contributed by atoms with Crippen molar-refractivity contribution in [2.45, 2.75) is 45.3 Å². The number of nitrogens with zero attached hydrogens (tertiary/aromatic N) is 2. The lowest BCUT2D eigenvalue weighted by Gasteiger charge is -2.35. The van der Waals surface area contributed by atoms with Gasteiger partial charge in [-0.2, -0.15) is 0 Å². The highest BCUT2D eigenvalue weighted by Crippen LogP contribution is 2.23. The summed E-state index contributed by atoms with van der Waals surface area (Å²) in [6.45, 7) is 4.94. The molecule has 0 radical (unpaired) electrons. The van der Waals surface area contributed by atoms with Crippen LogP contribution in [-0.2, 0) is 32.6 Å². The first-order chi connectivity index (χ1) is 18.8. The van der Waals surface area contributed by atoms with E-state index in [9.17, 15) is 22.4 Å². The zero-order valence-electron chi connectivity index (χ0n) is 23.4. The van der Waals surface area contributed by atoms with Gasteiger partial charge in [0.25, 0.3) is 0 Å². The van der Waals surface area contributed by atoms with Crippen LogP contribution in [0.1, 0.15) is 31.9 Å². The fourth-order valence-corrected chi connectivity index (χ4v) is 5.01. The Morgan fingerprint density at radius 2 is 1.52 bits per heavy atom. The van der Waals surface area contributed by atoms with Crippen molar-refractivity contribution in [1.82, 2.24) is 10.2 Å². The van der Waals surface area contributed by atoms with Crippen LogP contribution < -0.4 is 14.4 Å². The molecular weight excluding hydrogens is 533 g/mol. The summed E-state index contributed by atoms with van der Waals surface area (Å²) >= 11 is 0. The Kier molecular flexibility index (Phi) is 9.92. The highest BCUT2D eigenvalue weighted by atomic mass is 32.2. The van der Waals surface area contributed by atoms with Gasteiger partial charge in [0, 0.05) is 18.5 Å². The van der Waals surface area contributed by atoms with Crippen molar-refractivity contribution in [1.29, 1.82) is 0 Å². The van der Waals surface area contributed by atoms with Crippen LogP contribution in [0.25, 0.3) is 0 Å². The maximum Gasteiger partial charge on any atom is 0.244 e. The molecular formula is C30H36FN3O5S. The summed E-state index contributed by atoms with van der Waals surface area (Å²) in [6, 6.07) is 20.2.